The van der Waals surface area contributed by atoms with E-state index in [1.54, 1.807) is 6.20 Å². The Hall–Kier alpha value is -1.89. The molecule has 0 aromatic carbocycles. The highest BCUT2D eigenvalue weighted by molar-refractivity contribution is 5.36. The Labute approximate surface area is 155 Å². The highest BCUT2D eigenvalue weighted by Gasteiger charge is 2.13. The molecule has 0 radical (unpaired) electrons. The summed E-state index contributed by atoms with van der Waals surface area (Å²) in [6.45, 7) is 2.28. The first-order valence-electron chi connectivity index (χ1n) is 9.30. The topological polar surface area (TPSA) is 49.8 Å². The Kier molecular flexibility index (Phi) is 7.96. The molecule has 0 N–H and O–H groups in total. The first-order chi connectivity index (χ1) is 12.9. The van der Waals surface area contributed by atoms with Crippen molar-refractivity contribution in [3.63, 3.8) is 0 Å². The Morgan fingerprint density at radius 1 is 0.885 bits per heavy atom. The van der Waals surface area contributed by atoms with Gasteiger partial charge in [0.15, 0.2) is 12.6 Å². The number of aromatic nitrogens is 1. The maximum absolute atomic E-state index is 5.58. The van der Waals surface area contributed by atoms with Crippen LogP contribution in [0.2, 0.25) is 0 Å². The predicted octanol–water partition coefficient (Wildman–Crippen LogP) is 2.87. The van der Waals surface area contributed by atoms with Crippen LogP contribution >= 0.6 is 0 Å². The normalized spacial score (nSPS) is 22.6. The van der Waals surface area contributed by atoms with Crippen molar-refractivity contribution in [3.8, 4) is 23.7 Å². The number of hydrogen-bond donors (Lipinski definition) is 0. The lowest BCUT2D eigenvalue weighted by molar-refractivity contribution is -0.154. The van der Waals surface area contributed by atoms with E-state index in [1.165, 1.54) is 0 Å². The molecule has 5 heteroatoms. The van der Waals surface area contributed by atoms with Crippen LogP contribution in [0.25, 0.3) is 0 Å². The van der Waals surface area contributed by atoms with Gasteiger partial charge in [0.1, 0.15) is 18.9 Å². The molecule has 2 atom stereocenters. The van der Waals surface area contributed by atoms with Crippen molar-refractivity contribution in [1.29, 1.82) is 0 Å². The minimum absolute atomic E-state index is 0.102. The maximum atomic E-state index is 5.58. The Morgan fingerprint density at radius 2 is 1.54 bits per heavy atom. The first kappa shape index (κ1) is 18.9. The molecule has 2 unspecified atom stereocenters. The van der Waals surface area contributed by atoms with Crippen LogP contribution in [0.1, 0.15) is 49.8 Å². The molecule has 3 heterocycles. The van der Waals surface area contributed by atoms with Gasteiger partial charge in [0.25, 0.3) is 0 Å². The van der Waals surface area contributed by atoms with Crippen molar-refractivity contribution in [3.05, 3.63) is 29.6 Å². The van der Waals surface area contributed by atoms with Crippen molar-refractivity contribution in [2.24, 2.45) is 0 Å². The quantitative estimate of drug-likeness (QED) is 0.778. The fourth-order valence-corrected chi connectivity index (χ4v) is 2.76. The zero-order chi connectivity index (χ0) is 17.9. The molecule has 2 aliphatic heterocycles. The molecule has 2 saturated heterocycles. The smallest absolute Gasteiger partial charge is 0.158 e. The Morgan fingerprint density at radius 3 is 2.08 bits per heavy atom. The molecule has 0 bridgehead atoms. The van der Waals surface area contributed by atoms with E-state index >= 15 is 0 Å². The second-order valence-electron chi connectivity index (χ2n) is 6.25. The van der Waals surface area contributed by atoms with E-state index in [2.05, 4.69) is 28.7 Å². The predicted molar refractivity (Wildman–Crippen MR) is 97.1 cm³/mol. The number of hydrogen-bond acceptors (Lipinski definition) is 5. The summed E-state index contributed by atoms with van der Waals surface area (Å²) in [4.78, 5) is 4.30. The van der Waals surface area contributed by atoms with Gasteiger partial charge in [-0.15, -0.1) is 0 Å². The molecular formula is C21H25NO4. The molecule has 0 spiro atoms. The minimum atomic E-state index is -0.107. The van der Waals surface area contributed by atoms with Gasteiger partial charge >= 0.3 is 0 Å². The van der Waals surface area contributed by atoms with Gasteiger partial charge in [0.2, 0.25) is 0 Å². The number of pyridine rings is 1. The molecule has 5 nitrogen and oxygen atoms in total. The monoisotopic (exact) mass is 355 g/mol. The Balaban J connectivity index is 1.38. The first-order valence-corrected chi connectivity index (χ1v) is 9.30. The van der Waals surface area contributed by atoms with Crippen LogP contribution in [0.4, 0.5) is 0 Å². The summed E-state index contributed by atoms with van der Waals surface area (Å²) in [6, 6.07) is 3.77. The summed E-state index contributed by atoms with van der Waals surface area (Å²) >= 11 is 0. The fraction of sp³-hybridized carbons (Fsp3) is 0.571. The van der Waals surface area contributed by atoms with Crippen LogP contribution in [-0.2, 0) is 18.9 Å². The molecular weight excluding hydrogens is 330 g/mol. The average molecular weight is 355 g/mol. The molecule has 0 amide bonds. The second kappa shape index (κ2) is 11.0. The zero-order valence-electron chi connectivity index (χ0n) is 15.0. The van der Waals surface area contributed by atoms with Crippen molar-refractivity contribution in [1.82, 2.24) is 4.98 Å². The van der Waals surface area contributed by atoms with Crippen LogP contribution in [0.5, 0.6) is 0 Å². The summed E-state index contributed by atoms with van der Waals surface area (Å²) in [5.41, 5.74) is 1.55. The van der Waals surface area contributed by atoms with E-state index in [4.69, 9.17) is 18.9 Å². The summed E-state index contributed by atoms with van der Waals surface area (Å²) < 4.78 is 22.1. The highest BCUT2D eigenvalue weighted by atomic mass is 16.7. The second-order valence-corrected chi connectivity index (χ2v) is 6.25. The molecule has 0 aliphatic carbocycles. The van der Waals surface area contributed by atoms with Gasteiger partial charge in [-0.05, 0) is 56.6 Å². The zero-order valence-corrected chi connectivity index (χ0v) is 15.0. The van der Waals surface area contributed by atoms with Crippen LogP contribution in [0.3, 0.4) is 0 Å². The van der Waals surface area contributed by atoms with E-state index in [0.29, 0.717) is 18.9 Å². The van der Waals surface area contributed by atoms with E-state index in [1.807, 2.05) is 12.1 Å². The maximum Gasteiger partial charge on any atom is 0.158 e. The largest absolute Gasteiger partial charge is 0.353 e. The van der Waals surface area contributed by atoms with E-state index in [9.17, 15) is 0 Å². The molecule has 3 rings (SSSR count). The fourth-order valence-electron chi connectivity index (χ4n) is 2.76. The third kappa shape index (κ3) is 6.78. The van der Waals surface area contributed by atoms with Gasteiger partial charge in [-0.3, -0.25) is 0 Å². The minimum Gasteiger partial charge on any atom is -0.353 e. The Bertz CT molecular complexity index is 594. The van der Waals surface area contributed by atoms with Crippen LogP contribution < -0.4 is 0 Å². The third-order valence-corrected chi connectivity index (χ3v) is 4.17. The lowest BCUT2D eigenvalue weighted by Crippen LogP contribution is -2.22. The standard InChI is InChI=1S/C21H25NO4/c1-3-13-23-20(9-1)25-15-5-7-18-11-12-19(22-17-18)8-6-16-26-21-10-2-4-14-24-21/h11-12,17,20-21H,1-4,9-10,13-16H2. The number of rotatable bonds is 4. The van der Waals surface area contributed by atoms with E-state index < -0.39 is 0 Å². The summed E-state index contributed by atoms with van der Waals surface area (Å²) in [5, 5.41) is 0. The van der Waals surface area contributed by atoms with Gasteiger partial charge < -0.3 is 18.9 Å². The van der Waals surface area contributed by atoms with Crippen LogP contribution in [0, 0.1) is 23.7 Å². The molecule has 138 valence electrons. The summed E-state index contributed by atoms with van der Waals surface area (Å²) in [5.74, 6) is 12.0. The van der Waals surface area contributed by atoms with Gasteiger partial charge in [-0.1, -0.05) is 17.8 Å². The number of nitrogens with zero attached hydrogens (tertiary/aromatic N) is 1. The van der Waals surface area contributed by atoms with Gasteiger partial charge in [-0.2, -0.15) is 0 Å². The highest BCUT2D eigenvalue weighted by Crippen LogP contribution is 2.13. The lowest BCUT2D eigenvalue weighted by Gasteiger charge is -2.21. The van der Waals surface area contributed by atoms with Crippen LogP contribution in [-0.4, -0.2) is 44.0 Å². The molecule has 26 heavy (non-hydrogen) atoms. The van der Waals surface area contributed by atoms with Gasteiger partial charge in [0, 0.05) is 25.0 Å². The molecule has 0 saturated carbocycles. The van der Waals surface area contributed by atoms with Gasteiger partial charge in [-0.25, -0.2) is 4.98 Å². The summed E-state index contributed by atoms with van der Waals surface area (Å²) in [6.07, 6.45) is 7.96. The molecule has 2 fully saturated rings. The molecule has 1 aromatic rings. The van der Waals surface area contributed by atoms with E-state index in [-0.39, 0.29) is 12.6 Å². The average Bonchev–Trinajstić information content (AvgIpc) is 2.71. The van der Waals surface area contributed by atoms with Crippen molar-refractivity contribution in [2.45, 2.75) is 51.1 Å². The SMILES string of the molecule is C(#Cc1ccc(C#CCOC2CCCCO2)nc1)COC1CCCCO1. The van der Waals surface area contributed by atoms with Gasteiger partial charge in [0.05, 0.1) is 0 Å². The van der Waals surface area contributed by atoms with Crippen LogP contribution in [0.15, 0.2) is 18.3 Å². The van der Waals surface area contributed by atoms with Crippen molar-refractivity contribution < 1.29 is 18.9 Å². The van der Waals surface area contributed by atoms with E-state index in [0.717, 1.165) is 57.3 Å². The molecule has 2 aliphatic rings. The summed E-state index contributed by atoms with van der Waals surface area (Å²) in [7, 11) is 0. The van der Waals surface area contributed by atoms with Crippen molar-refractivity contribution in [2.75, 3.05) is 26.4 Å². The van der Waals surface area contributed by atoms with Crippen molar-refractivity contribution >= 4 is 0 Å². The number of ether oxygens (including phenoxy) is 4. The third-order valence-electron chi connectivity index (χ3n) is 4.17. The lowest BCUT2D eigenvalue weighted by atomic mass is 10.2. The molecule has 1 aromatic heterocycles.